The van der Waals surface area contributed by atoms with Crippen molar-refractivity contribution in [3.05, 3.63) is 77.4 Å². The highest BCUT2D eigenvalue weighted by Crippen LogP contribution is 2.70. The van der Waals surface area contributed by atoms with Crippen molar-refractivity contribution in [1.82, 2.24) is 9.88 Å². The van der Waals surface area contributed by atoms with Gasteiger partial charge >= 0.3 is 0 Å². The fourth-order valence-corrected chi connectivity index (χ4v) is 7.41. The Bertz CT molecular complexity index is 1430. The summed E-state index contributed by atoms with van der Waals surface area (Å²) in [6.07, 6.45) is -2.53. The number of hydrogen-bond acceptors (Lipinski definition) is 9. The zero-order chi connectivity index (χ0) is 28.5. The Labute approximate surface area is 237 Å². The van der Waals surface area contributed by atoms with Gasteiger partial charge in [-0.1, -0.05) is 42.5 Å². The number of β-amino-alcohol motifs (C(OH)–C–C–N with tert-alkyl or cyclic N) is 1. The Morgan fingerprint density at radius 1 is 1.00 bits per heavy atom. The van der Waals surface area contributed by atoms with Gasteiger partial charge in [-0.15, -0.1) is 0 Å². The Morgan fingerprint density at radius 3 is 2.32 bits per heavy atom. The first kappa shape index (κ1) is 26.5. The third-order valence-electron chi connectivity index (χ3n) is 9.31. The van der Waals surface area contributed by atoms with E-state index in [0.29, 0.717) is 44.0 Å². The number of nitrogens with zero attached hydrogens (tertiary/aromatic N) is 3. The first-order chi connectivity index (χ1) is 19.8. The van der Waals surface area contributed by atoms with Gasteiger partial charge in [0.05, 0.1) is 45.1 Å². The van der Waals surface area contributed by atoms with Crippen molar-refractivity contribution in [2.75, 3.05) is 51.8 Å². The van der Waals surface area contributed by atoms with Gasteiger partial charge in [-0.25, -0.2) is 4.39 Å². The van der Waals surface area contributed by atoms with Gasteiger partial charge in [0.1, 0.15) is 11.9 Å². The van der Waals surface area contributed by atoms with Crippen molar-refractivity contribution >= 4 is 5.69 Å². The van der Waals surface area contributed by atoms with Crippen LogP contribution in [0.25, 0.3) is 0 Å². The number of methoxy groups -OCH3 is 2. The lowest BCUT2D eigenvalue weighted by molar-refractivity contribution is -0.153. The van der Waals surface area contributed by atoms with E-state index in [2.05, 4.69) is 9.88 Å². The average molecular weight is 564 g/mol. The van der Waals surface area contributed by atoms with Gasteiger partial charge in [0.15, 0.2) is 11.2 Å². The standard InChI is InChI=1S/C31H34FN3O6/c1-39-25-12-24-27(29(33-25)40-2)30(38)28(37)23(17-34-15-22(36)16-34)26(18-6-4-3-5-7-18)31(30,41-24)19-8-10-21(11-9-19)35-13-20(32)14-35/h3-12,20,22-23,26,28,36-38H,13-17H2,1-2H3/t23-,26-,28-,30+,31+/m1/s1. The summed E-state index contributed by atoms with van der Waals surface area (Å²) in [5, 5.41) is 35.2. The van der Waals surface area contributed by atoms with Crippen molar-refractivity contribution in [1.29, 1.82) is 0 Å². The largest absolute Gasteiger partial charge is 0.481 e. The molecule has 0 radical (unpaired) electrons. The van der Waals surface area contributed by atoms with E-state index in [1.807, 2.05) is 59.5 Å². The normalized spacial score (nSPS) is 31.2. The zero-order valence-corrected chi connectivity index (χ0v) is 23.0. The molecule has 3 aliphatic heterocycles. The number of likely N-dealkylation sites (tertiary alicyclic amines) is 1. The number of alkyl halides is 1. The Hall–Kier alpha value is -3.44. The van der Waals surface area contributed by atoms with Gasteiger partial charge in [-0.2, -0.15) is 4.98 Å². The number of fused-ring (bicyclic) bond motifs is 3. The smallest absolute Gasteiger partial charge is 0.226 e. The maximum Gasteiger partial charge on any atom is 0.226 e. The SMILES string of the molecule is COc1cc2c(c(OC)n1)[C@]1(O)[C@H](O)[C@H](CN3CC(O)C3)[C@@H](c3ccccc3)[C@]1(c1ccc(N3CC(F)C3)cc1)O2. The first-order valence-electron chi connectivity index (χ1n) is 14.0. The fraction of sp³-hybridized carbons (Fsp3) is 0.452. The lowest BCUT2D eigenvalue weighted by Gasteiger charge is -2.42. The number of ether oxygens (including phenoxy) is 3. The Balaban J connectivity index is 1.44. The number of hydrogen-bond donors (Lipinski definition) is 3. The lowest BCUT2D eigenvalue weighted by Crippen LogP contribution is -2.54. The summed E-state index contributed by atoms with van der Waals surface area (Å²) < 4.78 is 31.6. The molecule has 5 atom stereocenters. The second kappa shape index (κ2) is 9.55. The summed E-state index contributed by atoms with van der Waals surface area (Å²) in [4.78, 5) is 8.48. The maximum atomic E-state index is 13.6. The van der Waals surface area contributed by atoms with Gasteiger partial charge in [-0.3, -0.25) is 4.90 Å². The van der Waals surface area contributed by atoms with E-state index in [0.717, 1.165) is 11.3 Å². The van der Waals surface area contributed by atoms with Crippen LogP contribution in [0.3, 0.4) is 0 Å². The van der Waals surface area contributed by atoms with Gasteiger partial charge in [0.2, 0.25) is 11.8 Å². The third-order valence-corrected chi connectivity index (χ3v) is 9.31. The highest BCUT2D eigenvalue weighted by Gasteiger charge is 2.77. The molecule has 2 aromatic carbocycles. The average Bonchev–Trinajstić information content (AvgIpc) is 3.33. The van der Waals surface area contributed by atoms with Crippen LogP contribution in [-0.2, 0) is 11.2 Å². The molecule has 7 rings (SSSR count). The van der Waals surface area contributed by atoms with E-state index >= 15 is 0 Å². The third kappa shape index (κ3) is 3.71. The van der Waals surface area contributed by atoms with E-state index in [1.54, 1.807) is 6.07 Å². The van der Waals surface area contributed by atoms with Gasteiger partial charge in [0.25, 0.3) is 0 Å². The van der Waals surface area contributed by atoms with Crippen LogP contribution in [0.1, 0.15) is 22.6 Å². The molecular weight excluding hydrogens is 529 g/mol. The Kier molecular flexibility index (Phi) is 6.17. The minimum absolute atomic E-state index is 0.112. The molecule has 0 bridgehead atoms. The molecule has 41 heavy (non-hydrogen) atoms. The lowest BCUT2D eigenvalue weighted by atomic mass is 9.70. The number of benzene rings is 2. The molecule has 0 spiro atoms. The summed E-state index contributed by atoms with van der Waals surface area (Å²) in [7, 11) is 2.95. The summed E-state index contributed by atoms with van der Waals surface area (Å²) >= 11 is 0. The molecular formula is C31H34FN3O6. The first-order valence-corrected chi connectivity index (χ1v) is 14.0. The van der Waals surface area contributed by atoms with E-state index in [1.165, 1.54) is 14.2 Å². The van der Waals surface area contributed by atoms with Gasteiger partial charge in [0, 0.05) is 43.2 Å². The molecule has 3 aromatic rings. The summed E-state index contributed by atoms with van der Waals surface area (Å²) in [5.74, 6) is -0.293. The van der Waals surface area contributed by atoms with E-state index in [9.17, 15) is 19.7 Å². The quantitative estimate of drug-likeness (QED) is 0.399. The van der Waals surface area contributed by atoms with E-state index in [4.69, 9.17) is 14.2 Å². The van der Waals surface area contributed by atoms with Crippen molar-refractivity contribution in [3.8, 4) is 17.5 Å². The molecule has 1 aromatic heterocycles. The predicted molar refractivity (Wildman–Crippen MR) is 148 cm³/mol. The summed E-state index contributed by atoms with van der Waals surface area (Å²) in [6, 6.07) is 19.0. The Morgan fingerprint density at radius 2 is 1.71 bits per heavy atom. The molecule has 10 heteroatoms. The second-order valence-corrected chi connectivity index (χ2v) is 11.6. The highest BCUT2D eigenvalue weighted by atomic mass is 19.1. The monoisotopic (exact) mass is 563 g/mol. The minimum atomic E-state index is -1.95. The number of pyridine rings is 1. The molecule has 3 fully saturated rings. The van der Waals surface area contributed by atoms with Crippen LogP contribution in [0.15, 0.2) is 60.7 Å². The molecule has 1 saturated carbocycles. The van der Waals surface area contributed by atoms with Crippen LogP contribution in [-0.4, -0.2) is 90.5 Å². The van der Waals surface area contributed by atoms with Crippen LogP contribution < -0.4 is 19.1 Å². The molecule has 3 N–H and O–H groups in total. The number of aliphatic hydroxyl groups is 3. The van der Waals surface area contributed by atoms with Crippen LogP contribution in [0.5, 0.6) is 17.5 Å². The van der Waals surface area contributed by atoms with Crippen molar-refractivity contribution < 1.29 is 33.9 Å². The maximum absolute atomic E-state index is 13.6. The number of aromatic nitrogens is 1. The van der Waals surface area contributed by atoms with Crippen molar-refractivity contribution in [3.63, 3.8) is 0 Å². The molecule has 4 aliphatic rings. The molecule has 0 unspecified atom stereocenters. The molecule has 9 nitrogen and oxygen atoms in total. The van der Waals surface area contributed by atoms with Crippen LogP contribution in [0.2, 0.25) is 0 Å². The summed E-state index contributed by atoms with van der Waals surface area (Å²) in [6.45, 7) is 2.12. The van der Waals surface area contributed by atoms with Gasteiger partial charge < -0.3 is 34.4 Å². The topological polar surface area (TPSA) is 108 Å². The number of aliphatic hydroxyl groups excluding tert-OH is 2. The summed E-state index contributed by atoms with van der Waals surface area (Å²) in [5.41, 5.74) is -0.719. The van der Waals surface area contributed by atoms with Crippen LogP contribution >= 0.6 is 0 Å². The van der Waals surface area contributed by atoms with Crippen molar-refractivity contribution in [2.24, 2.45) is 5.92 Å². The van der Waals surface area contributed by atoms with E-state index < -0.39 is 41.4 Å². The van der Waals surface area contributed by atoms with Crippen LogP contribution in [0, 0.1) is 5.92 Å². The van der Waals surface area contributed by atoms with Crippen molar-refractivity contribution in [2.45, 2.75) is 35.5 Å². The molecule has 1 aliphatic carbocycles. The number of halogens is 1. The molecule has 0 amide bonds. The number of anilines is 1. The minimum Gasteiger partial charge on any atom is -0.481 e. The number of rotatable bonds is 7. The molecule has 216 valence electrons. The predicted octanol–water partition coefficient (Wildman–Crippen LogP) is 2.18. The zero-order valence-electron chi connectivity index (χ0n) is 23.0. The molecule has 2 saturated heterocycles. The highest BCUT2D eigenvalue weighted by molar-refractivity contribution is 5.61. The fourth-order valence-electron chi connectivity index (χ4n) is 7.41. The molecule has 4 heterocycles. The van der Waals surface area contributed by atoms with E-state index in [-0.39, 0.29) is 17.3 Å². The van der Waals surface area contributed by atoms with Gasteiger partial charge in [-0.05, 0) is 23.3 Å². The van der Waals surface area contributed by atoms with Crippen LogP contribution in [0.4, 0.5) is 10.1 Å². The second-order valence-electron chi connectivity index (χ2n) is 11.6.